The largest absolute Gasteiger partial charge is 0.494 e. The van der Waals surface area contributed by atoms with Gasteiger partial charge in [0.15, 0.2) is 5.78 Å². The molecule has 0 N–H and O–H groups in total. The molecule has 0 radical (unpaired) electrons. The van der Waals surface area contributed by atoms with Crippen LogP contribution in [0, 0.1) is 0 Å². The molecule has 0 heterocycles. The van der Waals surface area contributed by atoms with E-state index >= 15 is 0 Å². The van der Waals surface area contributed by atoms with Crippen molar-refractivity contribution in [3.8, 4) is 5.75 Å². The molecule has 0 saturated heterocycles. The molecule has 122 valence electrons. The summed E-state index contributed by atoms with van der Waals surface area (Å²) in [6.45, 7) is 0.736. The van der Waals surface area contributed by atoms with Gasteiger partial charge in [0.2, 0.25) is 0 Å². The first kappa shape index (κ1) is 17.7. The average molecular weight is 375 g/mol. The summed E-state index contributed by atoms with van der Waals surface area (Å²) in [7, 11) is 0. The first-order chi connectivity index (χ1) is 11.3. The topological polar surface area (TPSA) is 26.3 Å². The lowest BCUT2D eigenvalue weighted by Crippen LogP contribution is -2.03. The summed E-state index contributed by atoms with van der Waals surface area (Å²) < 4.78 is 5.72. The standard InChI is InChI=1S/C20H23BrO2/c21-14-6-1-2-7-15-23-19-12-10-18(11-13-19)20(22)16-17-8-4-3-5-9-17/h3-5,8-13H,1-2,6-7,14-16H2. The fourth-order valence-corrected chi connectivity index (χ4v) is 2.76. The van der Waals surface area contributed by atoms with Crippen molar-refractivity contribution in [2.75, 3.05) is 11.9 Å². The second-order valence-corrected chi connectivity index (χ2v) is 6.35. The molecule has 0 unspecified atom stereocenters. The second kappa shape index (κ2) is 10.2. The van der Waals surface area contributed by atoms with E-state index in [-0.39, 0.29) is 5.78 Å². The van der Waals surface area contributed by atoms with Crippen LogP contribution in [-0.2, 0) is 6.42 Å². The third-order valence-electron chi connectivity index (χ3n) is 3.68. The fourth-order valence-electron chi connectivity index (χ4n) is 2.36. The van der Waals surface area contributed by atoms with Crippen LogP contribution in [0.15, 0.2) is 54.6 Å². The molecule has 0 fully saturated rings. The van der Waals surface area contributed by atoms with Crippen molar-refractivity contribution in [3.63, 3.8) is 0 Å². The van der Waals surface area contributed by atoms with Gasteiger partial charge in [-0.05, 0) is 42.7 Å². The van der Waals surface area contributed by atoms with E-state index in [2.05, 4.69) is 15.9 Å². The van der Waals surface area contributed by atoms with Crippen LogP contribution in [0.4, 0.5) is 0 Å². The summed E-state index contributed by atoms with van der Waals surface area (Å²) in [4.78, 5) is 12.2. The van der Waals surface area contributed by atoms with E-state index in [9.17, 15) is 4.79 Å². The minimum absolute atomic E-state index is 0.137. The minimum atomic E-state index is 0.137. The summed E-state index contributed by atoms with van der Waals surface area (Å²) in [5.74, 6) is 0.972. The molecule has 0 aromatic heterocycles. The van der Waals surface area contributed by atoms with Gasteiger partial charge in [0.25, 0.3) is 0 Å². The lowest BCUT2D eigenvalue weighted by Gasteiger charge is -2.07. The van der Waals surface area contributed by atoms with E-state index in [4.69, 9.17) is 4.74 Å². The highest BCUT2D eigenvalue weighted by molar-refractivity contribution is 9.09. The quantitative estimate of drug-likeness (QED) is 0.314. The van der Waals surface area contributed by atoms with Gasteiger partial charge < -0.3 is 4.74 Å². The second-order valence-electron chi connectivity index (χ2n) is 5.56. The van der Waals surface area contributed by atoms with E-state index < -0.39 is 0 Å². The van der Waals surface area contributed by atoms with E-state index in [1.165, 1.54) is 19.3 Å². The monoisotopic (exact) mass is 374 g/mol. The maximum atomic E-state index is 12.2. The Balaban J connectivity index is 1.76. The van der Waals surface area contributed by atoms with Gasteiger partial charge in [0.05, 0.1) is 6.61 Å². The average Bonchev–Trinajstić information content (AvgIpc) is 2.59. The van der Waals surface area contributed by atoms with Crippen molar-refractivity contribution in [1.82, 2.24) is 0 Å². The molecule has 0 atom stereocenters. The molecule has 0 amide bonds. The molecule has 2 rings (SSSR count). The zero-order valence-corrected chi connectivity index (χ0v) is 14.9. The van der Waals surface area contributed by atoms with Crippen molar-refractivity contribution >= 4 is 21.7 Å². The number of rotatable bonds is 10. The number of hydrogen-bond donors (Lipinski definition) is 0. The van der Waals surface area contributed by atoms with Crippen LogP contribution in [-0.4, -0.2) is 17.7 Å². The molecule has 0 aliphatic rings. The van der Waals surface area contributed by atoms with Crippen molar-refractivity contribution in [1.29, 1.82) is 0 Å². The zero-order chi connectivity index (χ0) is 16.3. The molecular weight excluding hydrogens is 352 g/mol. The highest BCUT2D eigenvalue weighted by Gasteiger charge is 2.07. The first-order valence-corrected chi connectivity index (χ1v) is 9.27. The summed E-state index contributed by atoms with van der Waals surface area (Å²) in [5.41, 5.74) is 1.78. The number of unbranched alkanes of at least 4 members (excludes halogenated alkanes) is 3. The number of alkyl halides is 1. The van der Waals surface area contributed by atoms with Gasteiger partial charge in [0, 0.05) is 17.3 Å². The Labute approximate surface area is 147 Å². The Kier molecular flexibility index (Phi) is 7.88. The van der Waals surface area contributed by atoms with Crippen LogP contribution in [0.25, 0.3) is 0 Å². The molecule has 2 aromatic carbocycles. The van der Waals surface area contributed by atoms with Gasteiger partial charge in [-0.3, -0.25) is 4.79 Å². The summed E-state index contributed by atoms with van der Waals surface area (Å²) >= 11 is 3.44. The molecule has 0 aliphatic carbocycles. The Morgan fingerprint density at radius 2 is 1.57 bits per heavy atom. The van der Waals surface area contributed by atoms with Crippen LogP contribution in [0.1, 0.15) is 41.6 Å². The molecule has 3 heteroatoms. The lowest BCUT2D eigenvalue weighted by molar-refractivity contribution is 0.0993. The number of halogens is 1. The number of ether oxygens (including phenoxy) is 1. The molecule has 0 aliphatic heterocycles. The number of hydrogen-bond acceptors (Lipinski definition) is 2. The van der Waals surface area contributed by atoms with E-state index in [0.717, 1.165) is 35.2 Å². The number of ketones is 1. The van der Waals surface area contributed by atoms with Gasteiger partial charge in [-0.15, -0.1) is 0 Å². The van der Waals surface area contributed by atoms with E-state index in [1.807, 2.05) is 54.6 Å². The van der Waals surface area contributed by atoms with Crippen molar-refractivity contribution in [3.05, 3.63) is 65.7 Å². The van der Waals surface area contributed by atoms with Gasteiger partial charge in [-0.1, -0.05) is 59.1 Å². The third-order valence-corrected chi connectivity index (χ3v) is 4.24. The number of carbonyl (C=O) groups excluding carboxylic acids is 1. The summed E-state index contributed by atoms with van der Waals surface area (Å²) in [6.07, 6.45) is 5.16. The molecule has 0 saturated carbocycles. The van der Waals surface area contributed by atoms with Crippen LogP contribution in [0.5, 0.6) is 5.75 Å². The van der Waals surface area contributed by atoms with Gasteiger partial charge >= 0.3 is 0 Å². The van der Waals surface area contributed by atoms with E-state index in [0.29, 0.717) is 6.42 Å². The molecule has 23 heavy (non-hydrogen) atoms. The van der Waals surface area contributed by atoms with Gasteiger partial charge in [0.1, 0.15) is 5.75 Å². The Morgan fingerprint density at radius 1 is 0.870 bits per heavy atom. The van der Waals surface area contributed by atoms with Crippen LogP contribution >= 0.6 is 15.9 Å². The lowest BCUT2D eigenvalue weighted by atomic mass is 10.0. The highest BCUT2D eigenvalue weighted by Crippen LogP contribution is 2.15. The predicted octanol–water partition coefficient (Wildman–Crippen LogP) is 5.45. The Bertz CT molecular complexity index is 578. The van der Waals surface area contributed by atoms with Crippen LogP contribution in [0.2, 0.25) is 0 Å². The maximum Gasteiger partial charge on any atom is 0.167 e. The van der Waals surface area contributed by atoms with Crippen molar-refractivity contribution in [2.24, 2.45) is 0 Å². The van der Waals surface area contributed by atoms with Crippen molar-refractivity contribution < 1.29 is 9.53 Å². The van der Waals surface area contributed by atoms with Crippen molar-refractivity contribution in [2.45, 2.75) is 32.1 Å². The smallest absolute Gasteiger partial charge is 0.167 e. The zero-order valence-electron chi connectivity index (χ0n) is 13.3. The molecule has 0 spiro atoms. The Morgan fingerprint density at radius 3 is 2.26 bits per heavy atom. The molecular formula is C20H23BrO2. The van der Waals surface area contributed by atoms with Crippen LogP contribution < -0.4 is 4.74 Å². The number of Topliss-reactive ketones (excluding diaryl/α,β-unsaturated/α-hetero) is 1. The van der Waals surface area contributed by atoms with Gasteiger partial charge in [-0.25, -0.2) is 0 Å². The third kappa shape index (κ3) is 6.57. The normalized spacial score (nSPS) is 10.5. The predicted molar refractivity (Wildman–Crippen MR) is 98.7 cm³/mol. The Hall–Kier alpha value is -1.61. The molecule has 2 aromatic rings. The maximum absolute atomic E-state index is 12.2. The number of carbonyl (C=O) groups is 1. The fraction of sp³-hybridized carbons (Fsp3) is 0.350. The number of benzene rings is 2. The minimum Gasteiger partial charge on any atom is -0.494 e. The molecule has 2 nitrogen and oxygen atoms in total. The van der Waals surface area contributed by atoms with Crippen LogP contribution in [0.3, 0.4) is 0 Å². The molecule has 0 bridgehead atoms. The highest BCUT2D eigenvalue weighted by atomic mass is 79.9. The van der Waals surface area contributed by atoms with Gasteiger partial charge in [-0.2, -0.15) is 0 Å². The summed E-state index contributed by atoms with van der Waals surface area (Å²) in [5, 5.41) is 1.08. The SMILES string of the molecule is O=C(Cc1ccccc1)c1ccc(OCCCCCCBr)cc1. The van der Waals surface area contributed by atoms with E-state index in [1.54, 1.807) is 0 Å². The first-order valence-electron chi connectivity index (χ1n) is 8.15. The summed E-state index contributed by atoms with van der Waals surface area (Å²) in [6, 6.07) is 17.3.